The lowest BCUT2D eigenvalue weighted by atomic mass is 10.2. The van der Waals surface area contributed by atoms with E-state index in [2.05, 4.69) is 33.0 Å². The van der Waals surface area contributed by atoms with Gasteiger partial charge in [-0.15, -0.1) is 0 Å². The molecule has 1 amide bonds. The van der Waals surface area contributed by atoms with Crippen LogP contribution in [0.15, 0.2) is 30.3 Å². The molecule has 0 unspecified atom stereocenters. The fourth-order valence-corrected chi connectivity index (χ4v) is 2.94. The highest BCUT2D eigenvalue weighted by molar-refractivity contribution is 5.84. The van der Waals surface area contributed by atoms with Crippen molar-refractivity contribution in [1.82, 2.24) is 14.8 Å². The Morgan fingerprint density at radius 2 is 2.05 bits per heavy atom. The molecule has 5 nitrogen and oxygen atoms in total. The molecule has 22 heavy (non-hydrogen) atoms. The first-order valence-electron chi connectivity index (χ1n) is 7.86. The molecule has 0 spiro atoms. The molecule has 0 bridgehead atoms. The van der Waals surface area contributed by atoms with Gasteiger partial charge in [0, 0.05) is 37.4 Å². The fraction of sp³-hybridized carbons (Fsp3) is 0.471. The Balaban J connectivity index is 1.53. The number of morpholine rings is 1. The van der Waals surface area contributed by atoms with Crippen LogP contribution in [0.3, 0.4) is 0 Å². The molecule has 1 N–H and O–H groups in total. The number of para-hydroxylation sites is 1. The maximum absolute atomic E-state index is 12.2. The summed E-state index contributed by atoms with van der Waals surface area (Å²) in [4.78, 5) is 14.5. The van der Waals surface area contributed by atoms with Gasteiger partial charge in [-0.2, -0.15) is 0 Å². The number of carbonyl (C=O) groups excluding carboxylic acids is 1. The van der Waals surface area contributed by atoms with Gasteiger partial charge in [-0.1, -0.05) is 18.2 Å². The molecule has 1 aliphatic heterocycles. The Morgan fingerprint density at radius 1 is 1.27 bits per heavy atom. The molecule has 0 aliphatic carbocycles. The topological polar surface area (TPSA) is 46.5 Å². The number of amides is 1. The normalized spacial score (nSPS) is 16.0. The summed E-state index contributed by atoms with van der Waals surface area (Å²) in [5, 5.41) is 4.20. The first kappa shape index (κ1) is 15.1. The molecule has 3 rings (SSSR count). The van der Waals surface area contributed by atoms with Crippen molar-refractivity contribution in [3.63, 3.8) is 0 Å². The van der Waals surface area contributed by atoms with Crippen molar-refractivity contribution >= 4 is 16.8 Å². The second kappa shape index (κ2) is 6.94. The minimum absolute atomic E-state index is 0.0673. The maximum Gasteiger partial charge on any atom is 0.239 e. The number of hydrogen-bond acceptors (Lipinski definition) is 3. The first-order valence-corrected chi connectivity index (χ1v) is 7.86. The number of nitrogens with one attached hydrogen (secondary N) is 1. The molecule has 1 aliphatic rings. The summed E-state index contributed by atoms with van der Waals surface area (Å²) in [6, 6.07) is 10.3. The largest absolute Gasteiger partial charge is 0.379 e. The number of hydrogen-bond donors (Lipinski definition) is 1. The van der Waals surface area contributed by atoms with Crippen LogP contribution >= 0.6 is 0 Å². The van der Waals surface area contributed by atoms with Crippen molar-refractivity contribution in [3.05, 3.63) is 36.0 Å². The second-order valence-corrected chi connectivity index (χ2v) is 5.73. The Bertz CT molecular complexity index is 644. The maximum atomic E-state index is 12.2. The lowest BCUT2D eigenvalue weighted by molar-refractivity contribution is -0.121. The highest BCUT2D eigenvalue weighted by Gasteiger charge is 2.11. The van der Waals surface area contributed by atoms with Crippen LogP contribution in [0, 0.1) is 6.92 Å². The number of ether oxygens (including phenoxy) is 1. The van der Waals surface area contributed by atoms with Gasteiger partial charge in [0.1, 0.15) is 6.54 Å². The summed E-state index contributed by atoms with van der Waals surface area (Å²) in [6.07, 6.45) is 0. The Hall–Kier alpha value is -1.85. The van der Waals surface area contributed by atoms with Gasteiger partial charge in [0.15, 0.2) is 0 Å². The number of rotatable bonds is 5. The summed E-state index contributed by atoms with van der Waals surface area (Å²) >= 11 is 0. The predicted octanol–water partition coefficient (Wildman–Crippen LogP) is 1.40. The SMILES string of the molecule is Cc1cc2ccccc2n1CC(=O)NCCN1CCOCC1. The summed E-state index contributed by atoms with van der Waals surface area (Å²) in [5.74, 6) is 0.0673. The van der Waals surface area contributed by atoms with Crippen LogP contribution in [0.1, 0.15) is 5.69 Å². The van der Waals surface area contributed by atoms with Crippen molar-refractivity contribution in [3.8, 4) is 0 Å². The molecule has 1 aromatic carbocycles. The van der Waals surface area contributed by atoms with Crippen molar-refractivity contribution < 1.29 is 9.53 Å². The molecule has 0 atom stereocenters. The Labute approximate surface area is 130 Å². The van der Waals surface area contributed by atoms with E-state index >= 15 is 0 Å². The Kier molecular flexibility index (Phi) is 4.75. The molecule has 1 aromatic heterocycles. The molecule has 2 heterocycles. The van der Waals surface area contributed by atoms with Crippen LogP contribution < -0.4 is 5.32 Å². The predicted molar refractivity (Wildman–Crippen MR) is 86.9 cm³/mol. The zero-order valence-corrected chi connectivity index (χ0v) is 13.0. The standard InChI is InChI=1S/C17H23N3O2/c1-14-12-15-4-2-3-5-16(15)20(14)13-17(21)18-6-7-19-8-10-22-11-9-19/h2-5,12H,6-11,13H2,1H3,(H,18,21). The molecule has 5 heteroatoms. The molecule has 1 saturated heterocycles. The van der Waals surface area contributed by atoms with Crippen molar-refractivity contribution in [1.29, 1.82) is 0 Å². The molecule has 0 radical (unpaired) electrons. The van der Waals surface area contributed by atoms with Gasteiger partial charge in [-0.3, -0.25) is 9.69 Å². The van der Waals surface area contributed by atoms with E-state index < -0.39 is 0 Å². The van der Waals surface area contributed by atoms with Crippen molar-refractivity contribution in [2.24, 2.45) is 0 Å². The van der Waals surface area contributed by atoms with Gasteiger partial charge in [0.25, 0.3) is 0 Å². The van der Waals surface area contributed by atoms with Crippen LogP contribution in [0.4, 0.5) is 0 Å². The van der Waals surface area contributed by atoms with Gasteiger partial charge < -0.3 is 14.6 Å². The lowest BCUT2D eigenvalue weighted by Gasteiger charge is -2.26. The van der Waals surface area contributed by atoms with Crippen LogP contribution in [0.25, 0.3) is 10.9 Å². The minimum Gasteiger partial charge on any atom is -0.379 e. The zero-order valence-electron chi connectivity index (χ0n) is 13.0. The van der Waals surface area contributed by atoms with E-state index in [1.807, 2.05) is 19.1 Å². The summed E-state index contributed by atoms with van der Waals surface area (Å²) in [7, 11) is 0. The molecular weight excluding hydrogens is 278 g/mol. The first-order chi connectivity index (χ1) is 10.7. The monoisotopic (exact) mass is 301 g/mol. The molecule has 118 valence electrons. The summed E-state index contributed by atoms with van der Waals surface area (Å²) < 4.78 is 7.39. The number of benzene rings is 1. The van der Waals surface area contributed by atoms with E-state index in [0.717, 1.165) is 44.1 Å². The van der Waals surface area contributed by atoms with Crippen LogP contribution in [-0.2, 0) is 16.1 Å². The van der Waals surface area contributed by atoms with Crippen LogP contribution in [-0.4, -0.2) is 54.8 Å². The van der Waals surface area contributed by atoms with E-state index in [1.54, 1.807) is 0 Å². The number of nitrogens with zero attached hydrogens (tertiary/aromatic N) is 2. The van der Waals surface area contributed by atoms with E-state index in [9.17, 15) is 4.79 Å². The number of aromatic nitrogens is 1. The average molecular weight is 301 g/mol. The smallest absolute Gasteiger partial charge is 0.239 e. The van der Waals surface area contributed by atoms with Gasteiger partial charge in [0.05, 0.1) is 13.2 Å². The second-order valence-electron chi connectivity index (χ2n) is 5.73. The quantitative estimate of drug-likeness (QED) is 0.908. The average Bonchev–Trinajstić information content (AvgIpc) is 2.84. The summed E-state index contributed by atoms with van der Waals surface area (Å²) in [5.41, 5.74) is 2.23. The van der Waals surface area contributed by atoms with Gasteiger partial charge in [-0.05, 0) is 24.4 Å². The van der Waals surface area contributed by atoms with E-state index in [4.69, 9.17) is 4.74 Å². The lowest BCUT2D eigenvalue weighted by Crippen LogP contribution is -2.41. The van der Waals surface area contributed by atoms with Gasteiger partial charge in [0.2, 0.25) is 5.91 Å². The minimum atomic E-state index is 0.0673. The van der Waals surface area contributed by atoms with Crippen LogP contribution in [0.5, 0.6) is 0 Å². The van der Waals surface area contributed by atoms with E-state index in [0.29, 0.717) is 13.1 Å². The highest BCUT2D eigenvalue weighted by atomic mass is 16.5. The fourth-order valence-electron chi connectivity index (χ4n) is 2.94. The van der Waals surface area contributed by atoms with Gasteiger partial charge in [-0.25, -0.2) is 0 Å². The zero-order chi connectivity index (χ0) is 15.4. The number of aryl methyl sites for hydroxylation is 1. The molecule has 0 saturated carbocycles. The Morgan fingerprint density at radius 3 is 2.86 bits per heavy atom. The number of carbonyl (C=O) groups is 1. The third-order valence-electron chi connectivity index (χ3n) is 4.17. The van der Waals surface area contributed by atoms with E-state index in [1.165, 1.54) is 5.39 Å². The number of fused-ring (bicyclic) bond motifs is 1. The van der Waals surface area contributed by atoms with Crippen molar-refractivity contribution in [2.75, 3.05) is 39.4 Å². The molecule has 1 fully saturated rings. The van der Waals surface area contributed by atoms with Crippen LogP contribution in [0.2, 0.25) is 0 Å². The third kappa shape index (κ3) is 3.48. The van der Waals surface area contributed by atoms with Gasteiger partial charge >= 0.3 is 0 Å². The molecular formula is C17H23N3O2. The van der Waals surface area contributed by atoms with Crippen molar-refractivity contribution in [2.45, 2.75) is 13.5 Å². The third-order valence-corrected chi connectivity index (χ3v) is 4.17. The highest BCUT2D eigenvalue weighted by Crippen LogP contribution is 2.18. The molecule has 2 aromatic rings. The van der Waals surface area contributed by atoms with E-state index in [-0.39, 0.29) is 5.91 Å². The summed E-state index contributed by atoms with van der Waals surface area (Å²) in [6.45, 7) is 7.50.